The minimum atomic E-state index is -0.748. The van der Waals surface area contributed by atoms with Crippen LogP contribution in [0.5, 0.6) is 0 Å². The molecule has 2 unspecified atom stereocenters. The van der Waals surface area contributed by atoms with E-state index in [0.717, 1.165) is 5.56 Å². The Morgan fingerprint density at radius 3 is 2.39 bits per heavy atom. The molecule has 23 heavy (non-hydrogen) atoms. The van der Waals surface area contributed by atoms with Crippen molar-refractivity contribution in [3.05, 3.63) is 65.5 Å². The molecule has 0 fully saturated rings. The zero-order valence-electron chi connectivity index (χ0n) is 13.0. The van der Waals surface area contributed by atoms with Crippen molar-refractivity contribution in [3.63, 3.8) is 0 Å². The third-order valence-electron chi connectivity index (χ3n) is 3.58. The van der Waals surface area contributed by atoms with E-state index in [9.17, 15) is 14.3 Å². The van der Waals surface area contributed by atoms with Crippen molar-refractivity contribution in [1.29, 1.82) is 0 Å². The van der Waals surface area contributed by atoms with E-state index in [1.165, 1.54) is 12.1 Å². The van der Waals surface area contributed by atoms with Crippen LogP contribution in [0.2, 0.25) is 0 Å². The molecule has 0 aliphatic heterocycles. The van der Waals surface area contributed by atoms with Gasteiger partial charge in [0.2, 0.25) is 5.91 Å². The lowest BCUT2D eigenvalue weighted by molar-refractivity contribution is -0.121. The molecule has 0 saturated heterocycles. The van der Waals surface area contributed by atoms with Crippen LogP contribution in [0.25, 0.3) is 0 Å². The summed E-state index contributed by atoms with van der Waals surface area (Å²) in [6.07, 6.45) is -0.126. The standard InChI is InChI=1S/C18H21FN2O2/c1-12(10-17(22)14-4-6-15(19)7-5-14)21-18(23)11-13-2-8-16(20)9-3-13/h2-9,12,17,22H,10-11,20H2,1H3,(H,21,23). The fourth-order valence-electron chi connectivity index (χ4n) is 2.36. The van der Waals surface area contributed by atoms with Gasteiger partial charge in [-0.2, -0.15) is 0 Å². The van der Waals surface area contributed by atoms with Gasteiger partial charge in [-0.05, 0) is 48.7 Å². The molecule has 0 heterocycles. The van der Waals surface area contributed by atoms with Gasteiger partial charge in [-0.3, -0.25) is 4.79 Å². The van der Waals surface area contributed by atoms with Crippen molar-refractivity contribution in [2.24, 2.45) is 0 Å². The highest BCUT2D eigenvalue weighted by atomic mass is 19.1. The molecule has 2 atom stereocenters. The molecule has 2 aromatic rings. The summed E-state index contributed by atoms with van der Waals surface area (Å²) in [5.41, 5.74) is 7.77. The van der Waals surface area contributed by atoms with Crippen LogP contribution in [0.15, 0.2) is 48.5 Å². The highest BCUT2D eigenvalue weighted by molar-refractivity contribution is 5.78. The molecular formula is C18H21FN2O2. The van der Waals surface area contributed by atoms with Crippen molar-refractivity contribution in [2.75, 3.05) is 5.73 Å². The minimum absolute atomic E-state index is 0.117. The van der Waals surface area contributed by atoms with Crippen LogP contribution in [0.3, 0.4) is 0 Å². The quantitative estimate of drug-likeness (QED) is 0.717. The smallest absolute Gasteiger partial charge is 0.224 e. The Bertz CT molecular complexity index is 641. The van der Waals surface area contributed by atoms with Gasteiger partial charge in [0, 0.05) is 11.7 Å². The van der Waals surface area contributed by atoms with E-state index < -0.39 is 6.10 Å². The first-order valence-electron chi connectivity index (χ1n) is 7.51. The number of halogens is 1. The predicted octanol–water partition coefficient (Wildman–Crippen LogP) is 2.58. The van der Waals surface area contributed by atoms with E-state index in [1.807, 2.05) is 19.1 Å². The Morgan fingerprint density at radius 2 is 1.78 bits per heavy atom. The third kappa shape index (κ3) is 5.38. The van der Waals surface area contributed by atoms with Crippen LogP contribution in [-0.4, -0.2) is 17.1 Å². The molecule has 0 aliphatic carbocycles. The topological polar surface area (TPSA) is 75.3 Å². The lowest BCUT2D eigenvalue weighted by atomic mass is 10.0. The number of hydrogen-bond acceptors (Lipinski definition) is 3. The Kier molecular flexibility index (Phi) is 5.71. The molecule has 4 N–H and O–H groups in total. The number of rotatable bonds is 6. The lowest BCUT2D eigenvalue weighted by Crippen LogP contribution is -2.34. The maximum Gasteiger partial charge on any atom is 0.224 e. The van der Waals surface area contributed by atoms with Crippen molar-refractivity contribution >= 4 is 11.6 Å². The van der Waals surface area contributed by atoms with Crippen LogP contribution >= 0.6 is 0 Å². The van der Waals surface area contributed by atoms with Gasteiger partial charge < -0.3 is 16.2 Å². The van der Waals surface area contributed by atoms with Gasteiger partial charge in [-0.25, -0.2) is 4.39 Å². The SMILES string of the molecule is CC(CC(O)c1ccc(F)cc1)NC(=O)Cc1ccc(N)cc1. The van der Waals surface area contributed by atoms with Gasteiger partial charge in [0.25, 0.3) is 0 Å². The summed E-state index contributed by atoms with van der Waals surface area (Å²) in [6.45, 7) is 1.83. The monoisotopic (exact) mass is 316 g/mol. The second-order valence-corrected chi connectivity index (χ2v) is 5.69. The Hall–Kier alpha value is -2.40. The molecular weight excluding hydrogens is 295 g/mol. The summed E-state index contributed by atoms with van der Waals surface area (Å²) in [5.74, 6) is -0.459. The highest BCUT2D eigenvalue weighted by Crippen LogP contribution is 2.18. The van der Waals surface area contributed by atoms with Gasteiger partial charge in [0.1, 0.15) is 5.82 Å². The van der Waals surface area contributed by atoms with Crippen molar-refractivity contribution in [1.82, 2.24) is 5.32 Å². The lowest BCUT2D eigenvalue weighted by Gasteiger charge is -2.18. The molecule has 122 valence electrons. The third-order valence-corrected chi connectivity index (χ3v) is 3.58. The van der Waals surface area contributed by atoms with Crippen molar-refractivity contribution < 1.29 is 14.3 Å². The first kappa shape index (κ1) is 17.0. The van der Waals surface area contributed by atoms with Crippen molar-refractivity contribution in [2.45, 2.75) is 31.9 Å². The normalized spacial score (nSPS) is 13.3. The van der Waals surface area contributed by atoms with E-state index in [-0.39, 0.29) is 24.2 Å². The Morgan fingerprint density at radius 1 is 1.17 bits per heavy atom. The van der Waals surface area contributed by atoms with E-state index in [2.05, 4.69) is 5.32 Å². The fraction of sp³-hybridized carbons (Fsp3) is 0.278. The number of nitrogens with two attached hydrogens (primary N) is 1. The summed E-state index contributed by atoms with van der Waals surface area (Å²) in [6, 6.07) is 12.6. The van der Waals surface area contributed by atoms with Crippen LogP contribution in [0.1, 0.15) is 30.6 Å². The first-order valence-corrected chi connectivity index (χ1v) is 7.51. The molecule has 0 bridgehead atoms. The molecule has 0 radical (unpaired) electrons. The second-order valence-electron chi connectivity index (χ2n) is 5.69. The number of amides is 1. The maximum absolute atomic E-state index is 12.9. The number of aliphatic hydroxyl groups excluding tert-OH is 1. The highest BCUT2D eigenvalue weighted by Gasteiger charge is 2.14. The summed E-state index contributed by atoms with van der Waals surface area (Å²) in [5, 5.41) is 13.0. The van der Waals surface area contributed by atoms with Crippen LogP contribution in [0.4, 0.5) is 10.1 Å². The average molecular weight is 316 g/mol. The number of carbonyl (C=O) groups excluding carboxylic acids is 1. The molecule has 0 aromatic heterocycles. The molecule has 0 spiro atoms. The van der Waals surface area contributed by atoms with E-state index in [1.54, 1.807) is 24.3 Å². The minimum Gasteiger partial charge on any atom is -0.399 e. The molecule has 5 heteroatoms. The van der Waals surface area contributed by atoms with Gasteiger partial charge >= 0.3 is 0 Å². The van der Waals surface area contributed by atoms with Crippen molar-refractivity contribution in [3.8, 4) is 0 Å². The summed E-state index contributed by atoms with van der Waals surface area (Å²) >= 11 is 0. The first-order chi connectivity index (χ1) is 10.9. The molecule has 2 rings (SSSR count). The largest absolute Gasteiger partial charge is 0.399 e. The number of anilines is 1. The van der Waals surface area contributed by atoms with E-state index in [4.69, 9.17) is 5.73 Å². The Labute approximate surface area is 135 Å². The molecule has 0 saturated carbocycles. The number of carbonyl (C=O) groups is 1. The predicted molar refractivity (Wildman–Crippen MR) is 88.1 cm³/mol. The summed E-state index contributed by atoms with van der Waals surface area (Å²) in [7, 11) is 0. The maximum atomic E-state index is 12.9. The summed E-state index contributed by atoms with van der Waals surface area (Å²) < 4.78 is 12.9. The zero-order valence-corrected chi connectivity index (χ0v) is 13.0. The molecule has 0 aliphatic rings. The summed E-state index contributed by atoms with van der Waals surface area (Å²) in [4.78, 5) is 12.0. The van der Waals surface area contributed by atoms with E-state index in [0.29, 0.717) is 17.7 Å². The number of aliphatic hydroxyl groups is 1. The van der Waals surface area contributed by atoms with Gasteiger partial charge in [-0.15, -0.1) is 0 Å². The van der Waals surface area contributed by atoms with Gasteiger partial charge in [0.15, 0.2) is 0 Å². The van der Waals surface area contributed by atoms with Gasteiger partial charge in [-0.1, -0.05) is 24.3 Å². The number of benzene rings is 2. The molecule has 2 aromatic carbocycles. The van der Waals surface area contributed by atoms with Gasteiger partial charge in [0.05, 0.1) is 12.5 Å². The van der Waals surface area contributed by atoms with Crippen LogP contribution in [0, 0.1) is 5.82 Å². The number of hydrogen-bond donors (Lipinski definition) is 3. The zero-order chi connectivity index (χ0) is 16.8. The van der Waals surface area contributed by atoms with Crippen LogP contribution < -0.4 is 11.1 Å². The number of nitrogens with one attached hydrogen (secondary N) is 1. The number of nitrogen functional groups attached to an aromatic ring is 1. The van der Waals surface area contributed by atoms with Crippen LogP contribution in [-0.2, 0) is 11.2 Å². The fourth-order valence-corrected chi connectivity index (χ4v) is 2.36. The van der Waals surface area contributed by atoms with E-state index >= 15 is 0 Å². The molecule has 4 nitrogen and oxygen atoms in total. The molecule has 1 amide bonds. The average Bonchev–Trinajstić information content (AvgIpc) is 2.50. The second kappa shape index (κ2) is 7.74. The Balaban J connectivity index is 1.83.